The lowest BCUT2D eigenvalue weighted by Crippen LogP contribution is -2.29. The number of halogens is 3. The first-order valence-corrected chi connectivity index (χ1v) is 10.5. The van der Waals surface area contributed by atoms with Crippen molar-refractivity contribution in [2.45, 2.75) is 70.1 Å². The van der Waals surface area contributed by atoms with Crippen LogP contribution < -0.4 is 0 Å². The second-order valence-corrected chi connectivity index (χ2v) is 8.16. The standard InChI is InChI=1S/C19H25F3O4S/c1-3-4-6-11-18-16(14(2)26-27(23,24)19(20,21)22)12-13-17(25-18)15-9-7-5-8-10-15/h5,7-10,17-18H,3-4,6,11-13H2,1-2H3/b16-14+/t17-,18-/m0/s1. The maximum atomic E-state index is 12.6. The molecular formula is C19H25F3O4S. The van der Waals surface area contributed by atoms with E-state index in [1.165, 1.54) is 6.92 Å². The summed E-state index contributed by atoms with van der Waals surface area (Å²) in [6.07, 6.45) is 3.75. The minimum atomic E-state index is -5.67. The number of hydrogen-bond acceptors (Lipinski definition) is 4. The van der Waals surface area contributed by atoms with Gasteiger partial charge in [-0.1, -0.05) is 56.5 Å². The molecule has 27 heavy (non-hydrogen) atoms. The molecule has 1 fully saturated rings. The van der Waals surface area contributed by atoms with E-state index in [1.54, 1.807) is 0 Å². The molecule has 1 heterocycles. The van der Waals surface area contributed by atoms with Crippen LogP contribution in [0.5, 0.6) is 0 Å². The van der Waals surface area contributed by atoms with Crippen LogP contribution >= 0.6 is 0 Å². The smallest absolute Gasteiger partial charge is 0.381 e. The van der Waals surface area contributed by atoms with E-state index in [-0.39, 0.29) is 11.9 Å². The summed E-state index contributed by atoms with van der Waals surface area (Å²) in [7, 11) is -5.67. The van der Waals surface area contributed by atoms with Gasteiger partial charge in [-0.2, -0.15) is 21.6 Å². The first-order valence-electron chi connectivity index (χ1n) is 9.06. The number of alkyl halides is 3. The molecule has 0 aliphatic carbocycles. The molecule has 0 radical (unpaired) electrons. The lowest BCUT2D eigenvalue weighted by atomic mass is 9.91. The SMILES string of the molecule is CCCCC[C@@H]1O[C@H](c2ccccc2)CC/C1=C(/C)OS(=O)(=O)C(F)(F)F. The van der Waals surface area contributed by atoms with Crippen LogP contribution in [0.1, 0.15) is 64.0 Å². The normalized spacial score (nSPS) is 23.1. The van der Waals surface area contributed by atoms with Crippen LogP contribution in [0.3, 0.4) is 0 Å². The van der Waals surface area contributed by atoms with Gasteiger partial charge in [0.15, 0.2) is 0 Å². The summed E-state index contributed by atoms with van der Waals surface area (Å²) in [6, 6.07) is 9.59. The van der Waals surface area contributed by atoms with Gasteiger partial charge < -0.3 is 8.92 Å². The number of benzene rings is 1. The van der Waals surface area contributed by atoms with E-state index in [2.05, 4.69) is 11.1 Å². The fourth-order valence-electron chi connectivity index (χ4n) is 3.20. The Morgan fingerprint density at radius 3 is 2.48 bits per heavy atom. The first-order chi connectivity index (χ1) is 12.7. The molecule has 0 saturated carbocycles. The summed E-state index contributed by atoms with van der Waals surface area (Å²) in [5.41, 5.74) is -3.96. The molecule has 4 nitrogen and oxygen atoms in total. The molecule has 0 amide bonds. The largest absolute Gasteiger partial charge is 0.534 e. The number of unbranched alkanes of at least 4 members (excludes halogenated alkanes) is 2. The van der Waals surface area contributed by atoms with Gasteiger partial charge in [0, 0.05) is 0 Å². The van der Waals surface area contributed by atoms with Gasteiger partial charge in [0.2, 0.25) is 0 Å². The van der Waals surface area contributed by atoms with Crippen molar-refractivity contribution in [1.29, 1.82) is 0 Å². The maximum absolute atomic E-state index is 12.6. The van der Waals surface area contributed by atoms with Crippen LogP contribution in [-0.2, 0) is 19.0 Å². The van der Waals surface area contributed by atoms with Crippen molar-refractivity contribution in [2.75, 3.05) is 0 Å². The molecule has 2 rings (SSSR count). The second-order valence-electron chi connectivity index (χ2n) is 6.62. The van der Waals surface area contributed by atoms with Gasteiger partial charge in [0.25, 0.3) is 0 Å². The Labute approximate surface area is 158 Å². The minimum Gasteiger partial charge on any atom is -0.381 e. The minimum absolute atomic E-state index is 0.173. The van der Waals surface area contributed by atoms with E-state index >= 15 is 0 Å². The Balaban J connectivity index is 2.23. The predicted octanol–water partition coefficient (Wildman–Crippen LogP) is 5.63. The highest BCUT2D eigenvalue weighted by Gasteiger charge is 2.49. The molecule has 1 aromatic rings. The number of hydrogen-bond donors (Lipinski definition) is 0. The maximum Gasteiger partial charge on any atom is 0.534 e. The predicted molar refractivity (Wildman–Crippen MR) is 96.2 cm³/mol. The Bertz CT molecular complexity index is 742. The van der Waals surface area contributed by atoms with E-state index in [4.69, 9.17) is 4.74 Å². The highest BCUT2D eigenvalue weighted by molar-refractivity contribution is 7.87. The van der Waals surface area contributed by atoms with Gasteiger partial charge in [-0.25, -0.2) is 0 Å². The summed E-state index contributed by atoms with van der Waals surface area (Å²) >= 11 is 0. The number of rotatable bonds is 7. The van der Waals surface area contributed by atoms with Gasteiger partial charge >= 0.3 is 15.6 Å². The summed E-state index contributed by atoms with van der Waals surface area (Å²) in [6.45, 7) is 3.31. The molecule has 1 aliphatic heterocycles. The van der Waals surface area contributed by atoms with Crippen LogP contribution in [-0.4, -0.2) is 20.0 Å². The zero-order valence-corrected chi connectivity index (χ0v) is 16.3. The van der Waals surface area contributed by atoms with Crippen LogP contribution in [0.25, 0.3) is 0 Å². The molecule has 0 bridgehead atoms. The molecule has 1 saturated heterocycles. The van der Waals surface area contributed by atoms with E-state index in [0.29, 0.717) is 24.8 Å². The summed E-state index contributed by atoms with van der Waals surface area (Å²) in [5.74, 6) is -0.236. The molecular weight excluding hydrogens is 381 g/mol. The summed E-state index contributed by atoms with van der Waals surface area (Å²) < 4.78 is 71.0. The molecule has 1 aliphatic rings. The van der Waals surface area contributed by atoms with Gasteiger partial charge in [-0.05, 0) is 37.3 Å². The molecule has 2 atom stereocenters. The lowest BCUT2D eigenvalue weighted by molar-refractivity contribution is -0.0531. The summed E-state index contributed by atoms with van der Waals surface area (Å²) in [5, 5.41) is 0. The molecule has 0 unspecified atom stereocenters. The molecule has 0 N–H and O–H groups in total. The zero-order valence-electron chi connectivity index (χ0n) is 15.5. The molecule has 152 valence electrons. The van der Waals surface area contributed by atoms with Crippen molar-refractivity contribution < 1.29 is 30.5 Å². The Hall–Kier alpha value is -1.54. The fraction of sp³-hybridized carbons (Fsp3) is 0.579. The number of allylic oxidation sites excluding steroid dienone is 1. The van der Waals surface area contributed by atoms with Crippen LogP contribution in [0, 0.1) is 0 Å². The van der Waals surface area contributed by atoms with Crippen molar-refractivity contribution in [2.24, 2.45) is 0 Å². The second kappa shape index (κ2) is 9.10. The van der Waals surface area contributed by atoms with Gasteiger partial charge in [0.1, 0.15) is 5.76 Å². The quantitative estimate of drug-likeness (QED) is 0.255. The third-order valence-corrected chi connectivity index (χ3v) is 5.64. The molecule has 0 spiro atoms. The molecule has 8 heteroatoms. The monoisotopic (exact) mass is 406 g/mol. The van der Waals surface area contributed by atoms with Gasteiger partial charge in [0.05, 0.1) is 12.2 Å². The Kier molecular flexibility index (Phi) is 7.33. The zero-order chi connectivity index (χ0) is 20.1. The lowest BCUT2D eigenvalue weighted by Gasteiger charge is -2.33. The highest BCUT2D eigenvalue weighted by atomic mass is 32.2. The molecule has 0 aromatic heterocycles. The Morgan fingerprint density at radius 1 is 1.22 bits per heavy atom. The van der Waals surface area contributed by atoms with E-state index < -0.39 is 21.7 Å². The third kappa shape index (κ3) is 5.72. The average Bonchev–Trinajstić information content (AvgIpc) is 2.61. The Morgan fingerprint density at radius 2 is 1.89 bits per heavy atom. The third-order valence-electron chi connectivity index (χ3n) is 4.60. The average molecular weight is 406 g/mol. The fourth-order valence-corrected chi connectivity index (χ4v) is 3.73. The summed E-state index contributed by atoms with van der Waals surface area (Å²) in [4.78, 5) is 0. The van der Waals surface area contributed by atoms with Crippen LogP contribution in [0.15, 0.2) is 41.7 Å². The van der Waals surface area contributed by atoms with E-state index in [9.17, 15) is 21.6 Å². The number of ether oxygens (including phenoxy) is 1. The van der Waals surface area contributed by atoms with Crippen molar-refractivity contribution >= 4 is 10.1 Å². The highest BCUT2D eigenvalue weighted by Crippen LogP contribution is 2.38. The van der Waals surface area contributed by atoms with E-state index in [0.717, 1.165) is 24.8 Å². The van der Waals surface area contributed by atoms with E-state index in [1.807, 2.05) is 30.3 Å². The van der Waals surface area contributed by atoms with Crippen LogP contribution in [0.4, 0.5) is 13.2 Å². The van der Waals surface area contributed by atoms with Crippen LogP contribution in [0.2, 0.25) is 0 Å². The first kappa shape index (κ1) is 21.8. The van der Waals surface area contributed by atoms with Crippen molar-refractivity contribution in [3.8, 4) is 0 Å². The van der Waals surface area contributed by atoms with Crippen molar-refractivity contribution in [3.05, 3.63) is 47.2 Å². The van der Waals surface area contributed by atoms with Gasteiger partial charge in [-0.15, -0.1) is 0 Å². The molecule has 1 aromatic carbocycles. The van der Waals surface area contributed by atoms with Gasteiger partial charge in [-0.3, -0.25) is 0 Å². The topological polar surface area (TPSA) is 52.6 Å². The van der Waals surface area contributed by atoms with Crippen molar-refractivity contribution in [1.82, 2.24) is 0 Å². The van der Waals surface area contributed by atoms with Crippen molar-refractivity contribution in [3.63, 3.8) is 0 Å².